The first kappa shape index (κ1) is 17.7. The number of esters is 1. The smallest absolute Gasteiger partial charge is 0.414 e. The minimum atomic E-state index is -4.99. The van der Waals surface area contributed by atoms with E-state index in [1.54, 1.807) is 0 Å². The maximum Gasteiger partial charge on any atom is 0.414 e. The third-order valence-electron chi connectivity index (χ3n) is 2.67. The second kappa shape index (κ2) is 6.74. The van der Waals surface area contributed by atoms with Gasteiger partial charge in [0.25, 0.3) is 0 Å². The van der Waals surface area contributed by atoms with Gasteiger partial charge in [-0.3, -0.25) is 9.59 Å². The molecule has 5 nitrogen and oxygen atoms in total. The molecule has 112 valence electrons. The minimum Gasteiger partial charge on any atom is -0.480 e. The normalized spacial score (nSPS) is 16.5. The van der Waals surface area contributed by atoms with Gasteiger partial charge in [-0.2, -0.15) is 13.2 Å². The predicted molar refractivity (Wildman–Crippen MR) is 58.3 cm³/mol. The Morgan fingerprint density at radius 3 is 2.11 bits per heavy atom. The second-order valence-electron chi connectivity index (χ2n) is 4.12. The number of aliphatic hydroxyl groups is 1. The summed E-state index contributed by atoms with van der Waals surface area (Å²) in [6, 6.07) is 0. The highest BCUT2D eigenvalue weighted by Gasteiger charge is 2.53. The highest BCUT2D eigenvalue weighted by atomic mass is 19.4. The van der Waals surface area contributed by atoms with Crippen LogP contribution >= 0.6 is 0 Å². The Morgan fingerprint density at radius 2 is 1.79 bits per heavy atom. The van der Waals surface area contributed by atoms with Crippen molar-refractivity contribution in [3.05, 3.63) is 0 Å². The Morgan fingerprint density at radius 1 is 1.26 bits per heavy atom. The molecule has 8 heteroatoms. The molecule has 2 N–H and O–H groups in total. The molecule has 0 fully saturated rings. The standard InChI is InChI=1S/C11H17F3O5/c1-3-5-10(8(16)17,9(18)19-4-2)6-7(15)11(12,13)14/h7,15H,3-6H2,1-2H3,(H,16,17). The molecular weight excluding hydrogens is 269 g/mol. The van der Waals surface area contributed by atoms with Gasteiger partial charge >= 0.3 is 18.1 Å². The number of carbonyl (C=O) groups excluding carboxylic acids is 1. The average molecular weight is 286 g/mol. The first-order chi connectivity index (χ1) is 8.61. The molecule has 0 rings (SSSR count). The summed E-state index contributed by atoms with van der Waals surface area (Å²) in [5, 5.41) is 18.1. The second-order valence-corrected chi connectivity index (χ2v) is 4.12. The lowest BCUT2D eigenvalue weighted by atomic mass is 9.78. The quantitative estimate of drug-likeness (QED) is 0.550. The van der Waals surface area contributed by atoms with Crippen molar-refractivity contribution in [3.63, 3.8) is 0 Å². The number of rotatable bonds is 7. The first-order valence-corrected chi connectivity index (χ1v) is 5.77. The Labute approximate surface area is 108 Å². The van der Waals surface area contributed by atoms with Gasteiger partial charge in [0.15, 0.2) is 11.5 Å². The zero-order valence-corrected chi connectivity index (χ0v) is 10.7. The maximum atomic E-state index is 12.3. The van der Waals surface area contributed by atoms with Crippen LogP contribution in [0.5, 0.6) is 0 Å². The summed E-state index contributed by atoms with van der Waals surface area (Å²) in [5.74, 6) is -2.98. The number of carboxylic acids is 1. The van der Waals surface area contributed by atoms with E-state index >= 15 is 0 Å². The third-order valence-corrected chi connectivity index (χ3v) is 2.67. The van der Waals surface area contributed by atoms with Crippen LogP contribution in [0.25, 0.3) is 0 Å². The molecule has 0 aliphatic heterocycles. The summed E-state index contributed by atoms with van der Waals surface area (Å²) in [6.45, 7) is 2.78. The van der Waals surface area contributed by atoms with Crippen LogP contribution in [0.3, 0.4) is 0 Å². The van der Waals surface area contributed by atoms with E-state index in [0.29, 0.717) is 0 Å². The van der Waals surface area contributed by atoms with Crippen molar-refractivity contribution in [3.8, 4) is 0 Å². The number of halogens is 3. The monoisotopic (exact) mass is 286 g/mol. The van der Waals surface area contributed by atoms with E-state index in [1.807, 2.05) is 0 Å². The van der Waals surface area contributed by atoms with Gasteiger partial charge in [-0.05, 0) is 13.3 Å². The van der Waals surface area contributed by atoms with Gasteiger partial charge < -0.3 is 14.9 Å². The van der Waals surface area contributed by atoms with Crippen molar-refractivity contribution in [1.29, 1.82) is 0 Å². The zero-order chi connectivity index (χ0) is 15.3. The zero-order valence-electron chi connectivity index (χ0n) is 10.7. The Bertz CT molecular complexity index is 329. The molecule has 0 aromatic carbocycles. The van der Waals surface area contributed by atoms with Crippen molar-refractivity contribution < 1.29 is 37.7 Å². The summed E-state index contributed by atoms with van der Waals surface area (Å²) >= 11 is 0. The van der Waals surface area contributed by atoms with Crippen LogP contribution in [-0.4, -0.2) is 41.0 Å². The SMILES string of the molecule is CCCC(CC(O)C(F)(F)F)(C(=O)O)C(=O)OCC. The van der Waals surface area contributed by atoms with Crippen LogP contribution in [0, 0.1) is 5.41 Å². The Kier molecular flexibility index (Phi) is 6.28. The number of aliphatic carboxylic acids is 1. The van der Waals surface area contributed by atoms with E-state index in [4.69, 9.17) is 10.2 Å². The van der Waals surface area contributed by atoms with Gasteiger partial charge in [0, 0.05) is 6.42 Å². The first-order valence-electron chi connectivity index (χ1n) is 5.77. The Balaban J connectivity index is 5.35. The Hall–Kier alpha value is -1.31. The van der Waals surface area contributed by atoms with Crippen molar-refractivity contribution in [1.82, 2.24) is 0 Å². The molecular formula is C11H17F3O5. The van der Waals surface area contributed by atoms with Crippen molar-refractivity contribution in [2.75, 3.05) is 6.61 Å². The van der Waals surface area contributed by atoms with E-state index in [1.165, 1.54) is 13.8 Å². The lowest BCUT2D eigenvalue weighted by Gasteiger charge is -2.29. The van der Waals surface area contributed by atoms with Gasteiger partial charge in [-0.15, -0.1) is 0 Å². The lowest BCUT2D eigenvalue weighted by Crippen LogP contribution is -2.46. The molecule has 0 bridgehead atoms. The van der Waals surface area contributed by atoms with E-state index in [-0.39, 0.29) is 19.4 Å². The fourth-order valence-electron chi connectivity index (χ4n) is 1.71. The number of hydrogen-bond donors (Lipinski definition) is 2. The molecule has 0 spiro atoms. The molecule has 0 radical (unpaired) electrons. The fourth-order valence-corrected chi connectivity index (χ4v) is 1.71. The summed E-state index contributed by atoms with van der Waals surface area (Å²) in [5.41, 5.74) is -2.38. The molecule has 0 aliphatic carbocycles. The van der Waals surface area contributed by atoms with Crippen LogP contribution in [0.1, 0.15) is 33.1 Å². The highest BCUT2D eigenvalue weighted by molar-refractivity contribution is 5.99. The maximum absolute atomic E-state index is 12.3. The topological polar surface area (TPSA) is 83.8 Å². The molecule has 0 saturated carbocycles. The summed E-state index contributed by atoms with van der Waals surface area (Å²) < 4.78 is 41.5. The van der Waals surface area contributed by atoms with Crippen molar-refractivity contribution in [2.45, 2.75) is 45.4 Å². The van der Waals surface area contributed by atoms with Crippen molar-refractivity contribution >= 4 is 11.9 Å². The van der Waals surface area contributed by atoms with E-state index in [0.717, 1.165) is 0 Å². The number of carboxylic acid groups (broad SMARTS) is 1. The van der Waals surface area contributed by atoms with Gasteiger partial charge in [0.05, 0.1) is 6.61 Å². The summed E-state index contributed by atoms with van der Waals surface area (Å²) in [6.07, 6.45) is -9.30. The van der Waals surface area contributed by atoms with Crippen LogP contribution < -0.4 is 0 Å². The molecule has 0 heterocycles. The highest BCUT2D eigenvalue weighted by Crippen LogP contribution is 2.36. The molecule has 0 amide bonds. The van der Waals surface area contributed by atoms with Crippen LogP contribution in [0.15, 0.2) is 0 Å². The number of carbonyl (C=O) groups is 2. The third kappa shape index (κ3) is 4.38. The molecule has 0 aromatic rings. The largest absolute Gasteiger partial charge is 0.480 e. The van der Waals surface area contributed by atoms with E-state index < -0.39 is 36.1 Å². The average Bonchev–Trinajstić information content (AvgIpc) is 2.26. The molecule has 19 heavy (non-hydrogen) atoms. The fraction of sp³-hybridized carbons (Fsp3) is 0.818. The van der Waals surface area contributed by atoms with Gasteiger partial charge in [-0.1, -0.05) is 13.3 Å². The molecule has 2 unspecified atom stereocenters. The predicted octanol–water partition coefficient (Wildman–Crippen LogP) is 1.73. The summed E-state index contributed by atoms with van der Waals surface area (Å²) in [7, 11) is 0. The van der Waals surface area contributed by atoms with Crippen LogP contribution in [0.2, 0.25) is 0 Å². The molecule has 2 atom stereocenters. The number of aliphatic hydroxyl groups excluding tert-OH is 1. The van der Waals surface area contributed by atoms with Gasteiger partial charge in [0.1, 0.15) is 0 Å². The molecule has 0 aliphatic rings. The van der Waals surface area contributed by atoms with Gasteiger partial charge in [-0.25, -0.2) is 0 Å². The molecule has 0 saturated heterocycles. The number of ether oxygens (including phenoxy) is 1. The van der Waals surface area contributed by atoms with Crippen molar-refractivity contribution in [2.24, 2.45) is 5.41 Å². The molecule has 0 aromatic heterocycles. The van der Waals surface area contributed by atoms with Crippen LogP contribution in [0.4, 0.5) is 13.2 Å². The number of hydrogen-bond acceptors (Lipinski definition) is 4. The number of alkyl halides is 3. The lowest BCUT2D eigenvalue weighted by molar-refractivity contribution is -0.217. The van der Waals surface area contributed by atoms with E-state index in [2.05, 4.69) is 4.74 Å². The van der Waals surface area contributed by atoms with Crippen LogP contribution in [-0.2, 0) is 14.3 Å². The van der Waals surface area contributed by atoms with Gasteiger partial charge in [0.2, 0.25) is 0 Å². The summed E-state index contributed by atoms with van der Waals surface area (Å²) in [4.78, 5) is 22.9. The minimum absolute atomic E-state index is 0.153. The van der Waals surface area contributed by atoms with E-state index in [9.17, 15) is 22.8 Å².